The number of carbonyl (C=O) groups excluding carboxylic acids is 6. The van der Waals surface area contributed by atoms with E-state index in [1.165, 1.54) is 50.0 Å². The van der Waals surface area contributed by atoms with E-state index in [-0.39, 0.29) is 72.5 Å². The SMILES string of the molecule is O=C(OC(c1ccccc1)c1ccccc1)C1=C(CCl)CS[C@@H]2[C@H](N3CN([C@@H]4C(=O)N5C(C(=O)OC(c6ccccc6)c6ccccc6)=C(CCl)CS[C@H]45)CN([C@@H]4C(=O)N5C(C(=O)OC(c6ccccc6)c6ccccc6)=C(CCl)CS[C@H]45)C3)C(=O)N12. The zero-order valence-electron chi connectivity index (χ0n) is 46.6. The molecule has 21 heteroatoms. The van der Waals surface area contributed by atoms with Crippen molar-refractivity contribution in [3.8, 4) is 0 Å². The molecule has 0 unspecified atom stereocenters. The first-order valence-corrected chi connectivity index (χ1v) is 33.1. The van der Waals surface area contributed by atoms with Gasteiger partial charge in [0.1, 0.15) is 51.3 Å². The third-order valence-corrected chi connectivity index (χ3v) is 21.6. The monoisotopic (exact) mass is 1280 g/mol. The molecule has 0 bridgehead atoms. The van der Waals surface area contributed by atoms with E-state index in [4.69, 9.17) is 49.0 Å². The molecule has 0 radical (unpaired) electrons. The summed E-state index contributed by atoms with van der Waals surface area (Å²) in [5.41, 5.74) is 6.42. The lowest BCUT2D eigenvalue weighted by Crippen LogP contribution is -2.80. The van der Waals surface area contributed by atoms with Crippen molar-refractivity contribution in [3.05, 3.63) is 249 Å². The second-order valence-electron chi connectivity index (χ2n) is 21.8. The van der Waals surface area contributed by atoms with E-state index in [0.29, 0.717) is 34.0 Å². The van der Waals surface area contributed by atoms with Gasteiger partial charge in [0.05, 0.1) is 20.0 Å². The van der Waals surface area contributed by atoms with Crippen molar-refractivity contribution in [1.29, 1.82) is 0 Å². The molecular formula is C66H57Cl3N6O9S3. The van der Waals surface area contributed by atoms with E-state index in [1.54, 1.807) is 0 Å². The average molecular weight is 1280 g/mol. The predicted molar refractivity (Wildman–Crippen MR) is 336 cm³/mol. The summed E-state index contributed by atoms with van der Waals surface area (Å²) < 4.78 is 19.2. The Kier molecular flexibility index (Phi) is 17.5. The molecular weight excluding hydrogens is 1220 g/mol. The number of esters is 3. The number of β-lactam (4-membered cyclic amide) rings is 3. The van der Waals surface area contributed by atoms with Crippen molar-refractivity contribution >= 4 is 106 Å². The van der Waals surface area contributed by atoms with Gasteiger partial charge in [-0.2, -0.15) is 0 Å². The minimum Gasteiger partial charge on any atom is -0.448 e. The largest absolute Gasteiger partial charge is 0.448 e. The van der Waals surface area contributed by atoms with Gasteiger partial charge in [-0.1, -0.05) is 182 Å². The molecule has 7 aliphatic heterocycles. The summed E-state index contributed by atoms with van der Waals surface area (Å²) in [4.78, 5) is 100. The Hall–Kier alpha value is -6.84. The number of hydrogen-bond donors (Lipinski definition) is 0. The minimum atomic E-state index is -0.836. The van der Waals surface area contributed by atoms with E-state index in [0.717, 1.165) is 33.4 Å². The van der Waals surface area contributed by atoms with Crippen LogP contribution in [0.4, 0.5) is 0 Å². The van der Waals surface area contributed by atoms with Crippen LogP contribution >= 0.6 is 70.1 Å². The zero-order chi connectivity index (χ0) is 59.9. The van der Waals surface area contributed by atoms with Gasteiger partial charge in [0, 0.05) is 34.9 Å². The van der Waals surface area contributed by atoms with Crippen LogP contribution in [0.25, 0.3) is 0 Å². The second-order valence-corrected chi connectivity index (χ2v) is 25.9. The van der Waals surface area contributed by atoms with Crippen LogP contribution < -0.4 is 0 Å². The van der Waals surface area contributed by atoms with Crippen LogP contribution in [0.5, 0.6) is 0 Å². The van der Waals surface area contributed by atoms with Gasteiger partial charge in [-0.05, 0) is 50.1 Å². The summed E-state index contributed by atoms with van der Waals surface area (Å²) in [6.07, 6.45) is -2.37. The van der Waals surface area contributed by atoms with Crippen LogP contribution in [-0.4, -0.2) is 154 Å². The number of amides is 3. The normalized spacial score (nSPS) is 23.2. The van der Waals surface area contributed by atoms with E-state index in [9.17, 15) is 14.4 Å². The fraction of sp³-hybridized carbons (Fsp3) is 0.273. The average Bonchev–Trinajstić information content (AvgIpc) is 1.08. The summed E-state index contributed by atoms with van der Waals surface area (Å²) >= 11 is 24.3. The first kappa shape index (κ1) is 59.1. The molecule has 6 aromatic rings. The number of fused-ring (bicyclic) bond motifs is 3. The van der Waals surface area contributed by atoms with E-state index in [1.807, 2.05) is 197 Å². The summed E-state index contributed by atoms with van der Waals surface area (Å²) in [6.45, 7) is 0.297. The standard InChI is InChI=1S/C66H57Cl3N6O9S3/c67-31-46-34-85-61-52(58(76)73(61)49(46)64(79)82-55(40-19-7-1-8-20-40)41-21-9-2-10-22-41)70-37-71(53-59(77)74-50(47(32-68)35-86-62(53)74)65(80)83-56(42-23-11-3-12-24-42)43-25-13-4-14-26-43)39-72(38-70)54-60(78)75-51(48(33-69)36-87-63(54)75)66(81)84-57(44-27-15-5-16-28-44)45-29-17-6-18-30-45/h1-30,52-57,61-63H,31-39H2/t52-,53-,54-,61-,62-,63-/m1/s1. The Bertz CT molecular complexity index is 3200. The molecule has 0 N–H and O–H groups in total. The fourth-order valence-corrected chi connectivity index (χ4v) is 17.8. The highest BCUT2D eigenvalue weighted by atomic mass is 35.5. The Morgan fingerprint density at radius 3 is 0.770 bits per heavy atom. The van der Waals surface area contributed by atoms with Crippen molar-refractivity contribution in [1.82, 2.24) is 29.4 Å². The molecule has 0 spiro atoms. The van der Waals surface area contributed by atoms with Crippen molar-refractivity contribution in [2.45, 2.75) is 52.6 Å². The lowest BCUT2D eigenvalue weighted by atomic mass is 9.98. The smallest absolute Gasteiger partial charge is 0.356 e. The zero-order valence-corrected chi connectivity index (χ0v) is 51.3. The van der Waals surface area contributed by atoms with Gasteiger partial charge in [-0.25, -0.2) is 14.4 Å². The summed E-state index contributed by atoms with van der Waals surface area (Å²) in [5.74, 6) is -2.28. The third kappa shape index (κ3) is 11.1. The van der Waals surface area contributed by atoms with Crippen LogP contribution in [-0.2, 0) is 43.0 Å². The first-order chi connectivity index (χ1) is 42.6. The molecule has 0 saturated carbocycles. The van der Waals surface area contributed by atoms with E-state index >= 15 is 14.4 Å². The molecule has 7 aliphatic rings. The van der Waals surface area contributed by atoms with Crippen LogP contribution in [0.3, 0.4) is 0 Å². The third-order valence-electron chi connectivity index (χ3n) is 16.7. The van der Waals surface area contributed by atoms with Crippen molar-refractivity contribution in [3.63, 3.8) is 0 Å². The molecule has 15 nitrogen and oxygen atoms in total. The Morgan fingerprint density at radius 1 is 0.368 bits per heavy atom. The van der Waals surface area contributed by atoms with Crippen molar-refractivity contribution < 1.29 is 43.0 Å². The highest BCUT2D eigenvalue weighted by molar-refractivity contribution is 8.00. The van der Waals surface area contributed by atoms with Crippen LogP contribution in [0.15, 0.2) is 216 Å². The quantitative estimate of drug-likeness (QED) is 0.0347. The van der Waals surface area contributed by atoms with E-state index < -0.39 is 70.5 Å². The number of hydrogen-bond acceptors (Lipinski definition) is 15. The topological polar surface area (TPSA) is 150 Å². The van der Waals surface area contributed by atoms with Gasteiger partial charge in [-0.3, -0.25) is 43.8 Å². The van der Waals surface area contributed by atoms with Crippen LogP contribution in [0.1, 0.15) is 51.7 Å². The maximum atomic E-state index is 15.2. The Balaban J connectivity index is 0.804. The van der Waals surface area contributed by atoms with Gasteiger partial charge in [0.2, 0.25) is 17.7 Å². The number of ether oxygens (including phenoxy) is 3. The molecule has 4 fully saturated rings. The summed E-state index contributed by atoms with van der Waals surface area (Å²) in [7, 11) is 0. The predicted octanol–water partition coefficient (Wildman–Crippen LogP) is 10.1. The minimum absolute atomic E-state index is 0.0208. The number of carbonyl (C=O) groups is 6. The lowest BCUT2D eigenvalue weighted by molar-refractivity contribution is -0.185. The summed E-state index contributed by atoms with van der Waals surface area (Å²) in [5, 5.41) is -1.77. The van der Waals surface area contributed by atoms with Crippen molar-refractivity contribution in [2.24, 2.45) is 0 Å². The Morgan fingerprint density at radius 2 is 0.575 bits per heavy atom. The number of alkyl halides is 3. The molecule has 6 atom stereocenters. The van der Waals surface area contributed by atoms with Gasteiger partial charge in [0.15, 0.2) is 18.3 Å². The summed E-state index contributed by atoms with van der Waals surface area (Å²) in [6, 6.07) is 53.9. The van der Waals surface area contributed by atoms with Gasteiger partial charge in [0.25, 0.3) is 0 Å². The van der Waals surface area contributed by atoms with Crippen LogP contribution in [0, 0.1) is 0 Å². The Labute approximate surface area is 531 Å². The van der Waals surface area contributed by atoms with Crippen molar-refractivity contribution in [2.75, 3.05) is 54.9 Å². The number of benzene rings is 6. The molecule has 4 saturated heterocycles. The van der Waals surface area contributed by atoms with Gasteiger partial charge >= 0.3 is 17.9 Å². The van der Waals surface area contributed by atoms with Gasteiger partial charge in [-0.15, -0.1) is 70.1 Å². The number of rotatable bonds is 18. The van der Waals surface area contributed by atoms with Crippen LogP contribution in [0.2, 0.25) is 0 Å². The highest BCUT2D eigenvalue weighted by Crippen LogP contribution is 2.50. The molecule has 0 aromatic heterocycles. The fourth-order valence-electron chi connectivity index (χ4n) is 12.5. The number of nitrogens with zero attached hydrogens (tertiary/aromatic N) is 6. The first-order valence-electron chi connectivity index (χ1n) is 28.4. The molecule has 3 amide bonds. The molecule has 13 rings (SSSR count). The van der Waals surface area contributed by atoms with Gasteiger partial charge < -0.3 is 14.2 Å². The molecule has 7 heterocycles. The molecule has 0 aliphatic carbocycles. The second kappa shape index (κ2) is 25.7. The number of thioether (sulfide) groups is 3. The van der Waals surface area contributed by atoms with E-state index in [2.05, 4.69) is 0 Å². The highest BCUT2D eigenvalue weighted by Gasteiger charge is 2.63. The maximum Gasteiger partial charge on any atom is 0.356 e. The lowest BCUT2D eigenvalue weighted by Gasteiger charge is -2.61. The molecule has 6 aromatic carbocycles. The maximum absolute atomic E-state index is 15.2. The number of halogens is 3. The molecule has 444 valence electrons. The molecule has 87 heavy (non-hydrogen) atoms.